The molecule has 0 saturated carbocycles. The highest BCUT2D eigenvalue weighted by atomic mass is 79.9. The Morgan fingerprint density at radius 3 is 2.36 bits per heavy atom. The Bertz CT molecular complexity index is 1060. The summed E-state index contributed by atoms with van der Waals surface area (Å²) in [6.07, 6.45) is 1.84. The van der Waals surface area contributed by atoms with Gasteiger partial charge in [0.25, 0.3) is 5.91 Å². The average molecular weight is 458 g/mol. The van der Waals surface area contributed by atoms with E-state index >= 15 is 0 Å². The Morgan fingerprint density at radius 1 is 0.960 bits per heavy atom. The minimum absolute atomic E-state index is 0.213. The van der Waals surface area contributed by atoms with Crippen LogP contribution in [0.2, 0.25) is 0 Å². The van der Waals surface area contributed by atoms with Crippen LogP contribution in [0.25, 0.3) is 10.9 Å². The zero-order valence-electron chi connectivity index (χ0n) is 12.7. The molecule has 7 heteroatoms. The number of fused-ring (bicyclic) bond motifs is 2. The average Bonchev–Trinajstić information content (AvgIpc) is 3.18. The van der Waals surface area contributed by atoms with Gasteiger partial charge >= 0.3 is 0 Å². The van der Waals surface area contributed by atoms with Crippen LogP contribution < -0.4 is 5.32 Å². The van der Waals surface area contributed by atoms with E-state index in [-0.39, 0.29) is 5.91 Å². The lowest BCUT2D eigenvalue weighted by Gasteiger charge is -2.11. The third-order valence-electron chi connectivity index (χ3n) is 3.75. The zero-order valence-corrected chi connectivity index (χ0v) is 15.8. The lowest BCUT2D eigenvalue weighted by molar-refractivity contribution is -0.115. The lowest BCUT2D eigenvalue weighted by Crippen LogP contribution is -2.20. The highest BCUT2D eigenvalue weighted by Gasteiger charge is 2.44. The van der Waals surface area contributed by atoms with Crippen molar-refractivity contribution in [3.05, 3.63) is 65.4 Å². The van der Waals surface area contributed by atoms with Crippen LogP contribution in [0, 0.1) is 22.7 Å². The molecule has 1 aromatic heterocycles. The second-order valence-electron chi connectivity index (χ2n) is 5.22. The molecule has 1 aliphatic rings. The van der Waals surface area contributed by atoms with E-state index in [4.69, 9.17) is 10.5 Å². The number of aromatic nitrogens is 1. The Labute approximate surface area is 160 Å². The van der Waals surface area contributed by atoms with E-state index in [1.54, 1.807) is 18.2 Å². The molecule has 3 aromatic rings. The topological polar surface area (TPSA) is 92.5 Å². The van der Waals surface area contributed by atoms with E-state index < -0.39 is 3.23 Å². The lowest BCUT2D eigenvalue weighted by atomic mass is 10.1. The van der Waals surface area contributed by atoms with Crippen molar-refractivity contribution in [2.24, 2.45) is 0 Å². The Kier molecular flexibility index (Phi) is 4.63. The molecule has 0 radical (unpaired) electrons. The van der Waals surface area contributed by atoms with Crippen LogP contribution in [0.5, 0.6) is 0 Å². The minimum Gasteiger partial charge on any atom is -0.361 e. The number of nitrogens with one attached hydrogen (secondary N) is 2. The summed E-state index contributed by atoms with van der Waals surface area (Å²) in [7, 11) is 0. The van der Waals surface area contributed by atoms with Crippen molar-refractivity contribution in [1.82, 2.24) is 4.98 Å². The maximum atomic E-state index is 11.5. The van der Waals surface area contributed by atoms with E-state index in [2.05, 4.69) is 54.3 Å². The number of aromatic amines is 1. The van der Waals surface area contributed by atoms with Gasteiger partial charge in [0.15, 0.2) is 3.23 Å². The minimum atomic E-state index is -0.971. The number of benzene rings is 2. The van der Waals surface area contributed by atoms with Crippen molar-refractivity contribution >= 4 is 54.4 Å². The number of nitriles is 2. The van der Waals surface area contributed by atoms with Crippen LogP contribution in [0.4, 0.5) is 5.69 Å². The summed E-state index contributed by atoms with van der Waals surface area (Å²) in [6.45, 7) is 0. The first-order valence-corrected chi connectivity index (χ1v) is 8.76. The quantitative estimate of drug-likeness (QED) is 0.487. The predicted molar refractivity (Wildman–Crippen MR) is 102 cm³/mol. The maximum Gasteiger partial charge on any atom is 0.256 e. The molecule has 2 aromatic carbocycles. The third-order valence-corrected chi connectivity index (χ3v) is 5.26. The largest absolute Gasteiger partial charge is 0.361 e. The molecule has 4 rings (SSSR count). The van der Waals surface area contributed by atoms with Crippen LogP contribution in [-0.2, 0) is 8.03 Å². The van der Waals surface area contributed by atoms with Gasteiger partial charge in [0.2, 0.25) is 0 Å². The monoisotopic (exact) mass is 456 g/mol. The Balaban J connectivity index is 0.000000150. The Morgan fingerprint density at radius 2 is 1.64 bits per heavy atom. The van der Waals surface area contributed by atoms with E-state index in [1.165, 1.54) is 0 Å². The van der Waals surface area contributed by atoms with Gasteiger partial charge in [-0.15, -0.1) is 0 Å². The van der Waals surface area contributed by atoms with Gasteiger partial charge in [0, 0.05) is 28.4 Å². The van der Waals surface area contributed by atoms with Crippen molar-refractivity contribution < 1.29 is 4.79 Å². The fourth-order valence-corrected chi connectivity index (χ4v) is 3.64. The molecule has 0 fully saturated rings. The SMILES string of the molecule is N#Cc1cccc2[nH]ccc12.N#Cc1cccc2c1C(Br)(Br)C(=O)N2. The van der Waals surface area contributed by atoms with Gasteiger partial charge in [-0.2, -0.15) is 10.5 Å². The molecule has 0 saturated heterocycles. The van der Waals surface area contributed by atoms with Gasteiger partial charge in [0.1, 0.15) is 0 Å². The molecule has 2 heterocycles. The van der Waals surface area contributed by atoms with Crippen molar-refractivity contribution in [3.8, 4) is 12.1 Å². The summed E-state index contributed by atoms with van der Waals surface area (Å²) in [5.41, 5.74) is 3.54. The molecule has 1 aliphatic heterocycles. The second kappa shape index (κ2) is 6.72. The summed E-state index contributed by atoms with van der Waals surface area (Å²) in [4.78, 5) is 14.5. The fraction of sp³-hybridized carbons (Fsp3) is 0.0556. The van der Waals surface area contributed by atoms with Crippen molar-refractivity contribution in [1.29, 1.82) is 10.5 Å². The number of hydrogen-bond donors (Lipinski definition) is 2. The number of nitrogens with zero attached hydrogens (tertiary/aromatic N) is 2. The summed E-state index contributed by atoms with van der Waals surface area (Å²) < 4.78 is -0.971. The van der Waals surface area contributed by atoms with Crippen LogP contribution in [-0.4, -0.2) is 10.9 Å². The molecule has 0 spiro atoms. The third kappa shape index (κ3) is 3.05. The van der Waals surface area contributed by atoms with Crippen LogP contribution >= 0.6 is 31.9 Å². The summed E-state index contributed by atoms with van der Waals surface area (Å²) in [5, 5.41) is 21.3. The number of rotatable bonds is 0. The van der Waals surface area contributed by atoms with E-state index in [0.29, 0.717) is 16.8 Å². The number of H-pyrrole nitrogens is 1. The van der Waals surface area contributed by atoms with Crippen molar-refractivity contribution in [2.45, 2.75) is 3.23 Å². The first kappa shape index (κ1) is 17.2. The molecule has 0 atom stereocenters. The summed E-state index contributed by atoms with van der Waals surface area (Å²) in [5.74, 6) is -0.213. The molecule has 0 aliphatic carbocycles. The smallest absolute Gasteiger partial charge is 0.256 e. The number of carbonyl (C=O) groups excluding carboxylic acids is 1. The molecule has 25 heavy (non-hydrogen) atoms. The molecule has 0 bridgehead atoms. The summed E-state index contributed by atoms with van der Waals surface area (Å²) in [6, 6.07) is 16.9. The van der Waals surface area contributed by atoms with Crippen molar-refractivity contribution in [3.63, 3.8) is 0 Å². The number of alkyl halides is 2. The normalized spacial score (nSPS) is 13.8. The molecular formula is C18H10Br2N4O. The van der Waals surface area contributed by atoms with Crippen molar-refractivity contribution in [2.75, 3.05) is 5.32 Å². The van der Waals surface area contributed by atoms with E-state index in [1.807, 2.05) is 30.5 Å². The molecule has 5 nitrogen and oxygen atoms in total. The second-order valence-corrected chi connectivity index (χ2v) is 8.67. The number of amides is 1. The highest BCUT2D eigenvalue weighted by molar-refractivity contribution is 9.25. The number of hydrogen-bond acceptors (Lipinski definition) is 3. The molecule has 2 N–H and O–H groups in total. The number of carbonyl (C=O) groups is 1. The molecule has 122 valence electrons. The molecular weight excluding hydrogens is 448 g/mol. The van der Waals surface area contributed by atoms with Gasteiger partial charge < -0.3 is 10.3 Å². The van der Waals surface area contributed by atoms with Gasteiger partial charge in [-0.05, 0) is 30.3 Å². The van der Waals surface area contributed by atoms with Gasteiger partial charge in [0.05, 0.1) is 23.3 Å². The molecule has 1 amide bonds. The summed E-state index contributed by atoms with van der Waals surface area (Å²) >= 11 is 6.50. The standard InChI is InChI=1S/C9H4Br2N2O.C9H6N2/c10-9(11)7-5(4-12)2-1-3-6(7)13-8(9)14;10-6-7-2-1-3-9-8(7)4-5-11-9/h1-3H,(H,13,14);1-5,11H. The Hall–Kier alpha value is -2.61. The number of halogens is 2. The first-order chi connectivity index (χ1) is 12.0. The van der Waals surface area contributed by atoms with Gasteiger partial charge in [-0.3, -0.25) is 4.79 Å². The van der Waals surface area contributed by atoms with E-state index in [0.717, 1.165) is 16.5 Å². The fourth-order valence-electron chi connectivity index (χ4n) is 2.59. The molecule has 0 unspecified atom stereocenters. The van der Waals surface area contributed by atoms with Crippen LogP contribution in [0.3, 0.4) is 0 Å². The van der Waals surface area contributed by atoms with E-state index in [9.17, 15) is 4.79 Å². The first-order valence-electron chi connectivity index (χ1n) is 7.18. The van der Waals surface area contributed by atoms with Crippen LogP contribution in [0.1, 0.15) is 16.7 Å². The van der Waals surface area contributed by atoms with Crippen LogP contribution in [0.15, 0.2) is 48.7 Å². The zero-order chi connectivity index (χ0) is 18.0. The highest BCUT2D eigenvalue weighted by Crippen LogP contribution is 2.48. The van der Waals surface area contributed by atoms with Gasteiger partial charge in [-0.1, -0.05) is 44.0 Å². The van der Waals surface area contributed by atoms with Gasteiger partial charge in [-0.25, -0.2) is 0 Å². The predicted octanol–water partition coefficient (Wildman–Crippen LogP) is 4.49. The number of anilines is 1. The maximum absolute atomic E-state index is 11.5.